The number of allylic oxidation sites excluding steroid dienone is 2. The summed E-state index contributed by atoms with van der Waals surface area (Å²) in [6, 6.07) is 6.83. The normalized spacial score (nSPS) is 13.9. The smallest absolute Gasteiger partial charge is 0.130 e. The zero-order valence-corrected chi connectivity index (χ0v) is 17.7. The number of fused-ring (bicyclic) bond motifs is 1. The van der Waals surface area contributed by atoms with Gasteiger partial charge in [0.05, 0.1) is 0 Å². The van der Waals surface area contributed by atoms with Crippen molar-refractivity contribution < 1.29 is 4.74 Å². The molecule has 2 rings (SSSR count). The van der Waals surface area contributed by atoms with Gasteiger partial charge in [-0.2, -0.15) is 0 Å². The molecule has 0 radical (unpaired) electrons. The Hall–Kier alpha value is -1.24. The van der Waals surface area contributed by atoms with Gasteiger partial charge in [-0.1, -0.05) is 84.8 Å². The highest BCUT2D eigenvalue weighted by molar-refractivity contribution is 5.44. The number of hydrogen-bond acceptors (Lipinski definition) is 1. The summed E-state index contributed by atoms with van der Waals surface area (Å²) in [5, 5.41) is 0. The van der Waals surface area contributed by atoms with E-state index in [4.69, 9.17) is 4.74 Å². The van der Waals surface area contributed by atoms with Crippen molar-refractivity contribution in [1.29, 1.82) is 0 Å². The summed E-state index contributed by atoms with van der Waals surface area (Å²) in [7, 11) is 0. The Morgan fingerprint density at radius 1 is 0.846 bits per heavy atom. The van der Waals surface area contributed by atoms with Crippen molar-refractivity contribution in [2.75, 3.05) is 0 Å². The molecule has 1 heteroatoms. The molecule has 0 spiro atoms. The monoisotopic (exact) mass is 356 g/mol. The Balaban J connectivity index is 2.04. The zero-order chi connectivity index (χ0) is 18.8. The first-order valence-corrected chi connectivity index (χ1v) is 11.2. The molecule has 1 nitrogen and oxygen atoms in total. The first kappa shape index (κ1) is 21.1. The average Bonchev–Trinajstić information content (AvgIpc) is 2.64. The van der Waals surface area contributed by atoms with Crippen LogP contribution < -0.4 is 4.74 Å². The average molecular weight is 357 g/mol. The fourth-order valence-corrected chi connectivity index (χ4v) is 3.84. The van der Waals surface area contributed by atoms with E-state index in [9.17, 15) is 0 Å². The van der Waals surface area contributed by atoms with Crippen molar-refractivity contribution in [3.63, 3.8) is 0 Å². The van der Waals surface area contributed by atoms with Gasteiger partial charge in [0, 0.05) is 12.8 Å². The predicted octanol–water partition coefficient (Wildman–Crippen LogP) is 8.33. The van der Waals surface area contributed by atoms with Crippen molar-refractivity contribution in [3.05, 3.63) is 40.7 Å². The van der Waals surface area contributed by atoms with Gasteiger partial charge in [-0.3, -0.25) is 0 Å². The third kappa shape index (κ3) is 6.49. The minimum absolute atomic E-state index is 0.581. The molecule has 1 aliphatic rings. The van der Waals surface area contributed by atoms with Crippen LogP contribution in [0.15, 0.2) is 29.5 Å². The Labute approximate surface area is 162 Å². The van der Waals surface area contributed by atoms with E-state index in [0.29, 0.717) is 5.92 Å². The van der Waals surface area contributed by atoms with Crippen molar-refractivity contribution >= 4 is 0 Å². The topological polar surface area (TPSA) is 9.23 Å². The highest BCUT2D eigenvalue weighted by atomic mass is 16.5. The van der Waals surface area contributed by atoms with Crippen molar-refractivity contribution in [2.45, 2.75) is 111 Å². The van der Waals surface area contributed by atoms with Crippen LogP contribution in [0.5, 0.6) is 5.75 Å². The summed E-state index contributed by atoms with van der Waals surface area (Å²) in [5.74, 6) is 2.98. The molecule has 146 valence electrons. The van der Waals surface area contributed by atoms with Crippen LogP contribution in [-0.2, 0) is 6.42 Å². The zero-order valence-electron chi connectivity index (χ0n) is 17.7. The van der Waals surface area contributed by atoms with E-state index in [1.54, 1.807) is 5.57 Å². The summed E-state index contributed by atoms with van der Waals surface area (Å²) in [6.07, 6.45) is 15.4. The fraction of sp³-hybridized carbons (Fsp3) is 0.680. The van der Waals surface area contributed by atoms with Crippen LogP contribution in [0.4, 0.5) is 0 Å². The molecule has 0 saturated carbocycles. The summed E-state index contributed by atoms with van der Waals surface area (Å²) in [5.41, 5.74) is 4.41. The van der Waals surface area contributed by atoms with Gasteiger partial charge in [0.1, 0.15) is 11.5 Å². The number of unbranched alkanes of at least 4 members (excludes halogenated alkanes) is 7. The van der Waals surface area contributed by atoms with E-state index in [1.165, 1.54) is 81.1 Å². The van der Waals surface area contributed by atoms with Crippen molar-refractivity contribution in [3.8, 4) is 5.75 Å². The molecular formula is C25H40O. The lowest BCUT2D eigenvalue weighted by Crippen LogP contribution is -2.11. The van der Waals surface area contributed by atoms with Gasteiger partial charge >= 0.3 is 0 Å². The van der Waals surface area contributed by atoms with E-state index < -0.39 is 0 Å². The molecule has 1 heterocycles. The van der Waals surface area contributed by atoms with Gasteiger partial charge in [0.15, 0.2) is 0 Å². The highest BCUT2D eigenvalue weighted by Crippen LogP contribution is 2.36. The van der Waals surface area contributed by atoms with Crippen LogP contribution >= 0.6 is 0 Å². The Bertz CT molecular complexity index is 568. The largest absolute Gasteiger partial charge is 0.461 e. The van der Waals surface area contributed by atoms with Gasteiger partial charge in [0.25, 0.3) is 0 Å². The first-order chi connectivity index (χ1) is 12.7. The van der Waals surface area contributed by atoms with Crippen LogP contribution in [0, 0.1) is 0 Å². The summed E-state index contributed by atoms with van der Waals surface area (Å²) in [6.45, 7) is 9.11. The van der Waals surface area contributed by atoms with E-state index in [0.717, 1.165) is 18.6 Å². The maximum Gasteiger partial charge on any atom is 0.130 e. The van der Waals surface area contributed by atoms with Crippen LogP contribution in [0.25, 0.3) is 0 Å². The van der Waals surface area contributed by atoms with Gasteiger partial charge in [-0.25, -0.2) is 0 Å². The van der Waals surface area contributed by atoms with E-state index in [2.05, 4.69) is 45.9 Å². The third-order valence-electron chi connectivity index (χ3n) is 5.62. The maximum absolute atomic E-state index is 6.42. The fourth-order valence-electron chi connectivity index (χ4n) is 3.84. The van der Waals surface area contributed by atoms with Crippen LogP contribution in [0.3, 0.4) is 0 Å². The SMILES string of the molecule is CCCCCCCC1=C(CCCCCC)Oc2ccc(C(C)C)cc2C1. The molecule has 0 saturated heterocycles. The summed E-state index contributed by atoms with van der Waals surface area (Å²) < 4.78 is 6.42. The van der Waals surface area contributed by atoms with Crippen LogP contribution in [0.2, 0.25) is 0 Å². The van der Waals surface area contributed by atoms with Crippen LogP contribution in [0.1, 0.15) is 115 Å². The van der Waals surface area contributed by atoms with Crippen molar-refractivity contribution in [1.82, 2.24) is 0 Å². The lowest BCUT2D eigenvalue weighted by atomic mass is 9.91. The number of hydrogen-bond donors (Lipinski definition) is 0. The molecule has 0 unspecified atom stereocenters. The van der Waals surface area contributed by atoms with Gasteiger partial charge in [-0.15, -0.1) is 0 Å². The summed E-state index contributed by atoms with van der Waals surface area (Å²) in [4.78, 5) is 0. The molecule has 0 aromatic heterocycles. The minimum atomic E-state index is 0.581. The second-order valence-corrected chi connectivity index (χ2v) is 8.30. The van der Waals surface area contributed by atoms with E-state index >= 15 is 0 Å². The number of rotatable bonds is 12. The Kier molecular flexibility index (Phi) is 9.29. The van der Waals surface area contributed by atoms with Crippen LogP contribution in [-0.4, -0.2) is 0 Å². The molecule has 0 fully saturated rings. The molecule has 1 aromatic rings. The molecule has 1 aliphatic heterocycles. The minimum Gasteiger partial charge on any atom is -0.461 e. The lowest BCUT2D eigenvalue weighted by molar-refractivity contribution is 0.368. The van der Waals surface area contributed by atoms with Gasteiger partial charge in [0.2, 0.25) is 0 Å². The number of benzene rings is 1. The van der Waals surface area contributed by atoms with Crippen molar-refractivity contribution in [2.24, 2.45) is 0 Å². The second-order valence-electron chi connectivity index (χ2n) is 8.30. The molecule has 0 bridgehead atoms. The Morgan fingerprint density at radius 3 is 2.19 bits per heavy atom. The second kappa shape index (κ2) is 11.5. The standard InChI is InChI=1S/C25H40O/c1-5-7-9-11-12-14-22-19-23-18-21(20(3)4)16-17-25(23)26-24(22)15-13-10-8-6-2/h16-18,20H,5-15,19H2,1-4H3. The molecule has 0 amide bonds. The molecule has 26 heavy (non-hydrogen) atoms. The first-order valence-electron chi connectivity index (χ1n) is 11.2. The molecule has 0 aliphatic carbocycles. The van der Waals surface area contributed by atoms with E-state index in [-0.39, 0.29) is 0 Å². The quantitative estimate of drug-likeness (QED) is 0.342. The number of ether oxygens (including phenoxy) is 1. The summed E-state index contributed by atoms with van der Waals surface area (Å²) >= 11 is 0. The third-order valence-corrected chi connectivity index (χ3v) is 5.62. The molecule has 1 aromatic carbocycles. The van der Waals surface area contributed by atoms with Gasteiger partial charge < -0.3 is 4.74 Å². The maximum atomic E-state index is 6.42. The lowest BCUT2D eigenvalue weighted by Gasteiger charge is -2.25. The van der Waals surface area contributed by atoms with Gasteiger partial charge in [-0.05, 0) is 47.9 Å². The predicted molar refractivity (Wildman–Crippen MR) is 114 cm³/mol. The van der Waals surface area contributed by atoms with E-state index in [1.807, 2.05) is 0 Å². The molecular weight excluding hydrogens is 316 g/mol. The molecule has 0 N–H and O–H groups in total. The molecule has 0 atom stereocenters. The highest BCUT2D eigenvalue weighted by Gasteiger charge is 2.20. The Morgan fingerprint density at radius 2 is 1.50 bits per heavy atom.